The molecule has 0 saturated carbocycles. The van der Waals surface area contributed by atoms with Gasteiger partial charge in [-0.1, -0.05) is 23.7 Å². The van der Waals surface area contributed by atoms with Gasteiger partial charge in [-0.05, 0) is 66.2 Å². The van der Waals surface area contributed by atoms with Gasteiger partial charge in [0.15, 0.2) is 0 Å². The second kappa shape index (κ2) is 18.9. The number of hydrogen-bond acceptors (Lipinski definition) is 12. The molecule has 0 unspecified atom stereocenters. The molecule has 0 spiro atoms. The lowest BCUT2D eigenvalue weighted by Gasteiger charge is -2.12. The molecule has 0 aliphatic heterocycles. The molecule has 20 heteroatoms. The molecule has 0 saturated heterocycles. The van der Waals surface area contributed by atoms with E-state index in [9.17, 15) is 29.6 Å². The molecule has 0 aliphatic carbocycles. The number of nitrogens with one attached hydrogen (secondary N) is 2. The maximum atomic E-state index is 13.4. The van der Waals surface area contributed by atoms with Gasteiger partial charge in [-0.3, -0.25) is 9.11 Å². The van der Waals surface area contributed by atoms with E-state index in [-0.39, 0.29) is 23.7 Å². The fraction of sp³-hybridized carbons (Fsp3) is 0.226. The number of sulfone groups is 1. The van der Waals surface area contributed by atoms with Crippen molar-refractivity contribution in [2.45, 2.75) is 13.2 Å². The first-order chi connectivity index (χ1) is 23.2. The van der Waals surface area contributed by atoms with Gasteiger partial charge in [-0.15, -0.1) is 0 Å². The van der Waals surface area contributed by atoms with Crippen LogP contribution in [-0.2, 0) is 43.2 Å². The number of nitrogens with zero attached hydrogens (tertiary/aromatic N) is 2. The lowest BCUT2D eigenvalue weighted by molar-refractivity contribution is 0.306. The standard InChI is InChI=1S/C29H26ClFN4O4S.2CH4O3S.H2O/c1-40(36,37)12-11-32-16-23-7-10-27(39-23)20-5-8-26-24(14-20)29(34-18-33-26)35-22-6-9-28(25(30)15-22)38-17-19-3-2-4-21(31)13-19;2*1-5(2,3)4;/h2-10,13-15,18,32H,11-12,16-17H2,1H3,(H,33,34,35);2*1H3,(H,2,3,4);1H2. The molecule has 0 bridgehead atoms. The molecule has 278 valence electrons. The van der Waals surface area contributed by atoms with Crippen LogP contribution in [0.3, 0.4) is 0 Å². The summed E-state index contributed by atoms with van der Waals surface area (Å²) in [5.74, 6) is 2.17. The SMILES string of the molecule is CS(=O)(=O)CCNCc1ccc(-c2ccc3ncnc(Nc4ccc(OCc5cccc(F)c5)c(Cl)c4)c3c2)o1.CS(=O)(=O)O.CS(=O)(=O)O.O. The van der Waals surface area contributed by atoms with Crippen molar-refractivity contribution in [2.75, 3.05) is 36.4 Å². The molecule has 0 amide bonds. The summed E-state index contributed by atoms with van der Waals surface area (Å²) in [5.41, 5.74) is 2.99. The highest BCUT2D eigenvalue weighted by atomic mass is 35.5. The number of rotatable bonds is 11. The van der Waals surface area contributed by atoms with Gasteiger partial charge in [0.1, 0.15) is 51.7 Å². The zero-order valence-corrected chi connectivity index (χ0v) is 30.6. The molecule has 15 nitrogen and oxygen atoms in total. The second-order valence-corrected chi connectivity index (χ2v) is 16.3. The predicted octanol–water partition coefficient (Wildman–Crippen LogP) is 4.32. The summed E-state index contributed by atoms with van der Waals surface area (Å²) in [6.07, 6.45) is 4.12. The number of furan rings is 1. The van der Waals surface area contributed by atoms with Crippen LogP contribution in [0.4, 0.5) is 15.9 Å². The van der Waals surface area contributed by atoms with Crippen molar-refractivity contribution < 1.29 is 53.4 Å². The predicted molar refractivity (Wildman–Crippen MR) is 193 cm³/mol. The van der Waals surface area contributed by atoms with Crippen LogP contribution in [-0.4, -0.2) is 80.9 Å². The van der Waals surface area contributed by atoms with E-state index in [1.807, 2.05) is 36.4 Å². The average molecular weight is 791 g/mol. The van der Waals surface area contributed by atoms with Crippen molar-refractivity contribution >= 4 is 64.1 Å². The summed E-state index contributed by atoms with van der Waals surface area (Å²) in [7, 11) is -10.4. The van der Waals surface area contributed by atoms with Crippen LogP contribution in [0, 0.1) is 5.82 Å². The number of fused-ring (bicyclic) bond motifs is 1. The fourth-order valence-electron chi connectivity index (χ4n) is 4.03. The molecule has 0 atom stereocenters. The lowest BCUT2D eigenvalue weighted by Crippen LogP contribution is -2.21. The topological polar surface area (TPSA) is 247 Å². The van der Waals surface area contributed by atoms with Gasteiger partial charge in [0.05, 0.1) is 35.3 Å². The second-order valence-electron chi connectivity index (χ2n) is 10.7. The lowest BCUT2D eigenvalue weighted by atomic mass is 10.1. The normalized spacial score (nSPS) is 11.4. The summed E-state index contributed by atoms with van der Waals surface area (Å²) in [6.45, 7) is 0.956. The van der Waals surface area contributed by atoms with Crippen LogP contribution in [0.5, 0.6) is 5.75 Å². The molecule has 3 aromatic carbocycles. The highest BCUT2D eigenvalue weighted by Gasteiger charge is 2.12. The quantitative estimate of drug-likeness (QED) is 0.108. The zero-order chi connectivity index (χ0) is 37.1. The van der Waals surface area contributed by atoms with Crippen molar-refractivity contribution in [2.24, 2.45) is 0 Å². The number of aromatic nitrogens is 2. The molecule has 2 aromatic heterocycles. The first-order valence-electron chi connectivity index (χ1n) is 14.2. The van der Waals surface area contributed by atoms with Crippen LogP contribution >= 0.6 is 11.6 Å². The van der Waals surface area contributed by atoms with Crippen molar-refractivity contribution in [1.29, 1.82) is 0 Å². The van der Waals surface area contributed by atoms with Crippen molar-refractivity contribution in [3.05, 3.63) is 101 Å². The summed E-state index contributed by atoms with van der Waals surface area (Å²) >= 11 is 6.47. The molecule has 0 aliphatic rings. The smallest absolute Gasteiger partial charge is 0.261 e. The van der Waals surface area contributed by atoms with Gasteiger partial charge in [0.25, 0.3) is 20.2 Å². The van der Waals surface area contributed by atoms with E-state index in [0.29, 0.717) is 65.0 Å². The van der Waals surface area contributed by atoms with Gasteiger partial charge in [0, 0.05) is 29.4 Å². The van der Waals surface area contributed by atoms with Gasteiger partial charge in [0.2, 0.25) is 0 Å². The van der Waals surface area contributed by atoms with E-state index in [2.05, 4.69) is 20.6 Å². The Kier molecular flexibility index (Phi) is 15.9. The monoisotopic (exact) mass is 790 g/mol. The summed E-state index contributed by atoms with van der Waals surface area (Å²) in [5, 5.41) is 7.56. The number of halogens is 2. The number of ether oxygens (including phenoxy) is 1. The minimum Gasteiger partial charge on any atom is -0.487 e. The van der Waals surface area contributed by atoms with E-state index in [0.717, 1.165) is 16.5 Å². The van der Waals surface area contributed by atoms with Crippen LogP contribution in [0.2, 0.25) is 5.02 Å². The van der Waals surface area contributed by atoms with Gasteiger partial charge in [-0.25, -0.2) is 22.8 Å². The molecule has 6 N–H and O–H groups in total. The Balaban J connectivity index is 0.000000723. The van der Waals surface area contributed by atoms with Gasteiger partial charge < -0.3 is 25.3 Å². The Labute approximate surface area is 299 Å². The van der Waals surface area contributed by atoms with Gasteiger partial charge >= 0.3 is 0 Å². The minimum atomic E-state index is -3.67. The first-order valence-corrected chi connectivity index (χ1v) is 20.4. The average Bonchev–Trinajstić information content (AvgIpc) is 3.46. The number of hydrogen-bond donors (Lipinski definition) is 4. The highest BCUT2D eigenvalue weighted by Crippen LogP contribution is 2.33. The largest absolute Gasteiger partial charge is 0.487 e. The maximum absolute atomic E-state index is 13.4. The molecule has 5 aromatic rings. The van der Waals surface area contributed by atoms with E-state index < -0.39 is 30.1 Å². The Morgan fingerprint density at radius 3 is 2.20 bits per heavy atom. The molecular formula is C31H36ClFN4O11S3. The summed E-state index contributed by atoms with van der Waals surface area (Å²) < 4.78 is 99.5. The summed E-state index contributed by atoms with van der Waals surface area (Å²) in [6, 6.07) is 21.0. The summed E-state index contributed by atoms with van der Waals surface area (Å²) in [4.78, 5) is 8.80. The van der Waals surface area contributed by atoms with E-state index >= 15 is 0 Å². The minimum absolute atomic E-state index is 0. The molecule has 51 heavy (non-hydrogen) atoms. The Morgan fingerprint density at radius 2 is 1.57 bits per heavy atom. The van der Waals surface area contributed by atoms with E-state index in [1.165, 1.54) is 24.7 Å². The third-order valence-corrected chi connectivity index (χ3v) is 7.25. The Morgan fingerprint density at radius 1 is 0.882 bits per heavy atom. The van der Waals surface area contributed by atoms with E-state index in [4.69, 9.17) is 29.9 Å². The molecule has 0 fully saturated rings. The Bertz CT molecular complexity index is 2210. The van der Waals surface area contributed by atoms with E-state index in [1.54, 1.807) is 24.3 Å². The highest BCUT2D eigenvalue weighted by molar-refractivity contribution is 7.90. The van der Waals surface area contributed by atoms with Crippen LogP contribution in [0.1, 0.15) is 11.3 Å². The fourth-order valence-corrected chi connectivity index (χ4v) is 4.78. The van der Waals surface area contributed by atoms with Crippen molar-refractivity contribution in [3.63, 3.8) is 0 Å². The first kappa shape index (κ1) is 43.0. The van der Waals surface area contributed by atoms with Crippen molar-refractivity contribution in [3.8, 4) is 17.1 Å². The molecule has 5 rings (SSSR count). The third kappa shape index (κ3) is 17.0. The number of benzene rings is 3. The molecule has 0 radical (unpaired) electrons. The zero-order valence-electron chi connectivity index (χ0n) is 27.4. The van der Waals surface area contributed by atoms with Crippen LogP contribution in [0.15, 0.2) is 83.5 Å². The van der Waals surface area contributed by atoms with Crippen molar-refractivity contribution in [1.82, 2.24) is 15.3 Å². The maximum Gasteiger partial charge on any atom is 0.261 e. The molecule has 2 heterocycles. The van der Waals surface area contributed by atoms with Crippen LogP contribution in [0.25, 0.3) is 22.2 Å². The third-order valence-electron chi connectivity index (χ3n) is 6.01. The molecular weight excluding hydrogens is 755 g/mol. The van der Waals surface area contributed by atoms with Crippen LogP contribution < -0.4 is 15.4 Å². The van der Waals surface area contributed by atoms with Gasteiger partial charge in [-0.2, -0.15) is 16.8 Å². The Hall–Kier alpha value is -4.21. The number of anilines is 2.